The van der Waals surface area contributed by atoms with Gasteiger partial charge in [-0.2, -0.15) is 0 Å². The van der Waals surface area contributed by atoms with Crippen molar-refractivity contribution in [1.82, 2.24) is 0 Å². The van der Waals surface area contributed by atoms with Crippen molar-refractivity contribution in [3.63, 3.8) is 0 Å². The van der Waals surface area contributed by atoms with E-state index in [2.05, 4.69) is 40.0 Å². The fourth-order valence-corrected chi connectivity index (χ4v) is 1.04. The molecule has 0 saturated carbocycles. The zero-order valence-electron chi connectivity index (χ0n) is 8.34. The summed E-state index contributed by atoms with van der Waals surface area (Å²) >= 11 is 4.74. The van der Waals surface area contributed by atoms with Crippen molar-refractivity contribution < 1.29 is 14.2 Å². The second-order valence-corrected chi connectivity index (χ2v) is 14.5. The molecule has 0 bridgehead atoms. The van der Waals surface area contributed by atoms with Gasteiger partial charge in [-0.15, -0.1) is 0 Å². The summed E-state index contributed by atoms with van der Waals surface area (Å²) in [5, 5.41) is 0. The summed E-state index contributed by atoms with van der Waals surface area (Å²) in [6.07, 6.45) is 0. The van der Waals surface area contributed by atoms with E-state index in [4.69, 9.17) is 10.5 Å². The third-order valence-electron chi connectivity index (χ3n) is 2.00. The molecular formula is C9H13I2NOV. The van der Waals surface area contributed by atoms with Gasteiger partial charge >= 0.3 is 49.4 Å². The Balaban J connectivity index is 0.000000500. The molecular weight excluding hydrogens is 443 g/mol. The Labute approximate surface area is 114 Å². The molecule has 0 aliphatic carbocycles. The summed E-state index contributed by atoms with van der Waals surface area (Å²) < 4.78 is 5.13. The minimum absolute atomic E-state index is 0.628. The monoisotopic (exact) mass is 456 g/mol. The zero-order chi connectivity index (χ0) is 11.1. The Hall–Kier alpha value is 0.864. The summed E-state index contributed by atoms with van der Waals surface area (Å²) in [5.74, 6) is 0.900. The molecule has 0 unspecified atom stereocenters. The number of ether oxygens (including phenoxy) is 1. The number of rotatable bonds is 1. The Kier molecular flexibility index (Phi) is 8.57. The Morgan fingerprint density at radius 3 is 2.14 bits per heavy atom. The van der Waals surface area contributed by atoms with E-state index in [0.717, 1.165) is 22.6 Å². The number of hydrogen-bond donors (Lipinski definition) is 1. The van der Waals surface area contributed by atoms with Gasteiger partial charge < -0.3 is 10.5 Å². The molecule has 14 heavy (non-hydrogen) atoms. The molecule has 0 saturated heterocycles. The molecule has 0 aromatic heterocycles. The summed E-state index contributed by atoms with van der Waals surface area (Å²) in [4.78, 5) is 0. The topological polar surface area (TPSA) is 35.2 Å². The van der Waals surface area contributed by atoms with Gasteiger partial charge in [-0.3, -0.25) is 0 Å². The van der Waals surface area contributed by atoms with E-state index in [1.54, 1.807) is 7.11 Å². The van der Waals surface area contributed by atoms with Crippen LogP contribution in [-0.4, -0.2) is 7.11 Å². The van der Waals surface area contributed by atoms with Crippen LogP contribution in [0, 0.1) is 13.8 Å². The van der Waals surface area contributed by atoms with Crippen molar-refractivity contribution in [1.29, 1.82) is 0 Å². The predicted molar refractivity (Wildman–Crippen MR) is 74.9 cm³/mol. The Morgan fingerprint density at radius 2 is 1.71 bits per heavy atom. The van der Waals surface area contributed by atoms with Crippen LogP contribution in [0.4, 0.5) is 5.69 Å². The molecule has 2 nitrogen and oxygen atoms in total. The molecule has 5 heteroatoms. The molecule has 0 heterocycles. The quantitative estimate of drug-likeness (QED) is 0.518. The van der Waals surface area contributed by atoms with Gasteiger partial charge in [-0.25, -0.2) is 0 Å². The summed E-state index contributed by atoms with van der Waals surface area (Å²) in [6.45, 7) is 4.00. The summed E-state index contributed by atoms with van der Waals surface area (Å²) in [6, 6.07) is 3.75. The van der Waals surface area contributed by atoms with Gasteiger partial charge in [0.25, 0.3) is 0 Å². The molecule has 1 aromatic rings. The maximum absolute atomic E-state index is 5.69. The number of nitrogen functional groups attached to an aromatic ring is 1. The van der Waals surface area contributed by atoms with Crippen LogP contribution >= 0.6 is 40.0 Å². The number of benzene rings is 1. The standard InChI is InChI=1S/C9H13NO.2HI.V/c1-6-7(2)9(11-3)5-4-8(6)10;;;/h4-5H,10H2,1-3H3;2*1H;/q;;;+2/p-2. The third-order valence-corrected chi connectivity index (χ3v) is 2.00. The van der Waals surface area contributed by atoms with Crippen molar-refractivity contribution in [3.8, 4) is 5.75 Å². The molecule has 0 atom stereocenters. The van der Waals surface area contributed by atoms with E-state index < -0.39 is 0 Å². The molecule has 79 valence electrons. The van der Waals surface area contributed by atoms with E-state index >= 15 is 0 Å². The SMILES string of the molecule is COc1ccc(N)c(C)c1C.[I][V][I]. The number of nitrogens with two attached hydrogens (primary N) is 1. The molecule has 2 N–H and O–H groups in total. The van der Waals surface area contributed by atoms with Crippen molar-refractivity contribution in [2.75, 3.05) is 12.8 Å². The number of hydrogen-bond acceptors (Lipinski definition) is 2. The van der Waals surface area contributed by atoms with Crippen LogP contribution < -0.4 is 10.5 Å². The summed E-state index contributed by atoms with van der Waals surface area (Å²) in [7, 11) is 2.29. The van der Waals surface area contributed by atoms with Crippen LogP contribution in [0.25, 0.3) is 0 Å². The maximum atomic E-state index is 5.69. The van der Waals surface area contributed by atoms with Crippen molar-refractivity contribution in [2.45, 2.75) is 13.8 Å². The van der Waals surface area contributed by atoms with Gasteiger partial charge in [-0.1, -0.05) is 0 Å². The van der Waals surface area contributed by atoms with Crippen LogP contribution in [0.1, 0.15) is 11.1 Å². The molecule has 0 radical (unpaired) electrons. The summed E-state index contributed by atoms with van der Waals surface area (Å²) in [5.41, 5.74) is 8.73. The van der Waals surface area contributed by atoms with Crippen LogP contribution in [0.2, 0.25) is 0 Å². The van der Waals surface area contributed by atoms with Gasteiger partial charge in [-0.05, 0) is 37.1 Å². The molecule has 1 rings (SSSR count). The number of methoxy groups -OCH3 is 1. The first-order valence-corrected chi connectivity index (χ1v) is 12.9. The molecule has 1 aromatic carbocycles. The van der Waals surface area contributed by atoms with E-state index in [1.165, 1.54) is 0 Å². The van der Waals surface area contributed by atoms with E-state index in [9.17, 15) is 0 Å². The van der Waals surface area contributed by atoms with Gasteiger partial charge in [0.15, 0.2) is 0 Å². The van der Waals surface area contributed by atoms with Crippen molar-refractivity contribution in [2.24, 2.45) is 0 Å². The minimum atomic E-state index is 0.628. The van der Waals surface area contributed by atoms with Gasteiger partial charge in [0.1, 0.15) is 5.75 Å². The fraction of sp³-hybridized carbons (Fsp3) is 0.333. The first kappa shape index (κ1) is 14.9. The number of anilines is 1. The molecule has 0 spiro atoms. The average molecular weight is 456 g/mol. The van der Waals surface area contributed by atoms with E-state index in [-0.39, 0.29) is 0 Å². The van der Waals surface area contributed by atoms with Crippen LogP contribution in [0.3, 0.4) is 0 Å². The Bertz CT molecular complexity index is 294. The molecule has 0 amide bonds. The zero-order valence-corrected chi connectivity index (χ0v) is 14.1. The van der Waals surface area contributed by atoms with Gasteiger partial charge in [0, 0.05) is 5.69 Å². The first-order valence-electron chi connectivity index (χ1n) is 3.90. The van der Waals surface area contributed by atoms with Crippen molar-refractivity contribution in [3.05, 3.63) is 23.3 Å². The second-order valence-electron chi connectivity index (χ2n) is 2.67. The first-order chi connectivity index (χ1) is 6.58. The molecule has 0 aliphatic heterocycles. The van der Waals surface area contributed by atoms with Crippen LogP contribution in [0.15, 0.2) is 12.1 Å². The Morgan fingerprint density at radius 1 is 1.21 bits per heavy atom. The normalized spacial score (nSPS) is 8.64. The molecule has 0 fully saturated rings. The fourth-order valence-electron chi connectivity index (χ4n) is 1.04. The van der Waals surface area contributed by atoms with E-state index in [0.29, 0.717) is 9.47 Å². The molecule has 0 aliphatic rings. The van der Waals surface area contributed by atoms with Gasteiger partial charge in [0.05, 0.1) is 7.11 Å². The van der Waals surface area contributed by atoms with Crippen LogP contribution in [0.5, 0.6) is 5.75 Å². The number of halogens is 2. The van der Waals surface area contributed by atoms with Crippen molar-refractivity contribution >= 4 is 45.6 Å². The second kappa shape index (κ2) is 8.07. The average Bonchev–Trinajstić information content (AvgIpc) is 2.16. The third kappa shape index (κ3) is 4.59. The van der Waals surface area contributed by atoms with E-state index in [1.807, 2.05) is 26.0 Å². The predicted octanol–water partition coefficient (Wildman–Crippen LogP) is 3.66. The van der Waals surface area contributed by atoms with Crippen LogP contribution in [-0.2, 0) is 9.47 Å². The van der Waals surface area contributed by atoms with Gasteiger partial charge in [0.2, 0.25) is 0 Å².